The van der Waals surface area contributed by atoms with Gasteiger partial charge in [-0.25, -0.2) is 8.42 Å². The van der Waals surface area contributed by atoms with Gasteiger partial charge in [-0.1, -0.05) is 25.4 Å². The molecule has 0 unspecified atom stereocenters. The summed E-state index contributed by atoms with van der Waals surface area (Å²) in [6.07, 6.45) is 1.91. The molecular weight excluding hydrogens is 300 g/mol. The first-order chi connectivity index (χ1) is 9.19. The first-order valence-corrected chi connectivity index (χ1v) is 8.51. The third-order valence-electron chi connectivity index (χ3n) is 2.53. The molecule has 1 aromatic carbocycles. The fraction of sp³-hybridized carbons (Fsp3) is 0.462. The summed E-state index contributed by atoms with van der Waals surface area (Å²) in [7, 11) is -3.44. The lowest BCUT2D eigenvalue weighted by Gasteiger charge is -2.10. The molecule has 20 heavy (non-hydrogen) atoms. The normalized spacial score (nSPS) is 11.4. The highest BCUT2D eigenvalue weighted by Crippen LogP contribution is 2.23. The van der Waals surface area contributed by atoms with Crippen LogP contribution in [0.4, 0.5) is 5.69 Å². The molecule has 7 heteroatoms. The Balaban J connectivity index is 2.81. The molecular formula is C13H19ClN2O3S. The van der Waals surface area contributed by atoms with Gasteiger partial charge in [-0.3, -0.25) is 9.52 Å². The second-order valence-corrected chi connectivity index (χ2v) is 7.16. The van der Waals surface area contributed by atoms with Crippen LogP contribution in [0.3, 0.4) is 0 Å². The molecule has 0 aliphatic carbocycles. The van der Waals surface area contributed by atoms with Crippen molar-refractivity contribution in [3.8, 4) is 0 Å². The predicted octanol–water partition coefficient (Wildman–Crippen LogP) is 2.49. The molecule has 5 nitrogen and oxygen atoms in total. The maximum atomic E-state index is 11.9. The van der Waals surface area contributed by atoms with Crippen LogP contribution in [-0.4, -0.2) is 27.1 Å². The number of sulfonamides is 1. The van der Waals surface area contributed by atoms with E-state index in [9.17, 15) is 13.2 Å². The Bertz CT molecular complexity index is 585. The molecule has 0 saturated carbocycles. The van der Waals surface area contributed by atoms with Crippen molar-refractivity contribution in [2.75, 3.05) is 17.5 Å². The minimum absolute atomic E-state index is 0.200. The average Bonchev–Trinajstić information content (AvgIpc) is 2.29. The topological polar surface area (TPSA) is 75.3 Å². The Labute approximate surface area is 124 Å². The van der Waals surface area contributed by atoms with Crippen molar-refractivity contribution >= 4 is 33.2 Å². The fourth-order valence-electron chi connectivity index (χ4n) is 1.52. The summed E-state index contributed by atoms with van der Waals surface area (Å²) in [5.41, 5.74) is 0.565. The van der Waals surface area contributed by atoms with Gasteiger partial charge in [0, 0.05) is 12.1 Å². The van der Waals surface area contributed by atoms with E-state index < -0.39 is 10.0 Å². The number of benzene rings is 1. The molecule has 0 fully saturated rings. The lowest BCUT2D eigenvalue weighted by molar-refractivity contribution is 0.0952. The predicted molar refractivity (Wildman–Crippen MR) is 81.7 cm³/mol. The zero-order valence-electron chi connectivity index (χ0n) is 11.7. The van der Waals surface area contributed by atoms with Crippen molar-refractivity contribution < 1.29 is 13.2 Å². The van der Waals surface area contributed by atoms with Crippen LogP contribution < -0.4 is 10.0 Å². The lowest BCUT2D eigenvalue weighted by Crippen LogP contribution is -2.25. The summed E-state index contributed by atoms with van der Waals surface area (Å²) in [5, 5.41) is 3.03. The van der Waals surface area contributed by atoms with Crippen LogP contribution in [0.5, 0.6) is 0 Å². The lowest BCUT2D eigenvalue weighted by atomic mass is 10.1. The number of hydrogen-bond donors (Lipinski definition) is 2. The molecule has 1 aromatic rings. The molecule has 1 amide bonds. The minimum Gasteiger partial charge on any atom is -0.352 e. The Morgan fingerprint density at radius 3 is 2.55 bits per heavy atom. The highest BCUT2D eigenvalue weighted by atomic mass is 35.5. The van der Waals surface area contributed by atoms with E-state index in [2.05, 4.69) is 23.9 Å². The van der Waals surface area contributed by atoms with Gasteiger partial charge in [-0.15, -0.1) is 0 Å². The molecule has 2 N–H and O–H groups in total. The van der Waals surface area contributed by atoms with Gasteiger partial charge in [0.25, 0.3) is 5.91 Å². The summed E-state index contributed by atoms with van der Waals surface area (Å²) in [4.78, 5) is 11.9. The van der Waals surface area contributed by atoms with E-state index >= 15 is 0 Å². The van der Waals surface area contributed by atoms with Gasteiger partial charge in [0.1, 0.15) is 0 Å². The zero-order chi connectivity index (χ0) is 15.3. The molecule has 0 aliphatic heterocycles. The molecule has 0 spiro atoms. The summed E-state index contributed by atoms with van der Waals surface area (Å²) in [5.74, 6) is 0.252. The summed E-state index contributed by atoms with van der Waals surface area (Å²) >= 11 is 5.89. The minimum atomic E-state index is -3.44. The SMILES string of the molecule is CC(C)CCNC(=O)c1ccc(Cl)c(NS(C)(=O)=O)c1. The van der Waals surface area contributed by atoms with E-state index in [1.807, 2.05) is 0 Å². The van der Waals surface area contributed by atoms with E-state index in [-0.39, 0.29) is 16.6 Å². The highest BCUT2D eigenvalue weighted by molar-refractivity contribution is 7.92. The summed E-state index contributed by atoms with van der Waals surface area (Å²) < 4.78 is 24.7. The zero-order valence-corrected chi connectivity index (χ0v) is 13.3. The molecule has 1 rings (SSSR count). The molecule has 0 aliphatic rings. The van der Waals surface area contributed by atoms with Crippen molar-refractivity contribution in [3.63, 3.8) is 0 Å². The highest BCUT2D eigenvalue weighted by Gasteiger charge is 2.11. The van der Waals surface area contributed by atoms with Crippen molar-refractivity contribution in [2.45, 2.75) is 20.3 Å². The molecule has 0 atom stereocenters. The van der Waals surface area contributed by atoms with E-state index in [0.717, 1.165) is 12.7 Å². The van der Waals surface area contributed by atoms with Gasteiger partial charge in [0.15, 0.2) is 0 Å². The maximum Gasteiger partial charge on any atom is 0.251 e. The van der Waals surface area contributed by atoms with Crippen LogP contribution in [0.1, 0.15) is 30.6 Å². The Morgan fingerprint density at radius 1 is 1.35 bits per heavy atom. The number of rotatable bonds is 6. The number of nitrogens with one attached hydrogen (secondary N) is 2. The first-order valence-electron chi connectivity index (χ1n) is 6.24. The Kier molecular flexibility index (Phi) is 5.83. The van der Waals surface area contributed by atoms with Gasteiger partial charge in [0.2, 0.25) is 10.0 Å². The fourth-order valence-corrected chi connectivity index (χ4v) is 2.31. The smallest absolute Gasteiger partial charge is 0.251 e. The Hall–Kier alpha value is -1.27. The third kappa shape index (κ3) is 5.79. The average molecular weight is 319 g/mol. The number of halogens is 1. The number of carbonyl (C=O) groups excluding carboxylic acids is 1. The van der Waals surface area contributed by atoms with Gasteiger partial charge >= 0.3 is 0 Å². The van der Waals surface area contributed by atoms with Gasteiger partial charge in [-0.2, -0.15) is 0 Å². The van der Waals surface area contributed by atoms with Crippen molar-refractivity contribution in [1.82, 2.24) is 5.32 Å². The standard InChI is InChI=1S/C13H19ClN2O3S/c1-9(2)6-7-15-13(17)10-4-5-11(14)12(8-10)16-20(3,18)19/h4-5,8-9,16H,6-7H2,1-3H3,(H,15,17). The van der Waals surface area contributed by atoms with Gasteiger partial charge in [-0.05, 0) is 30.5 Å². The maximum absolute atomic E-state index is 11.9. The quantitative estimate of drug-likeness (QED) is 0.846. The van der Waals surface area contributed by atoms with Gasteiger partial charge in [0.05, 0.1) is 17.0 Å². The van der Waals surface area contributed by atoms with Crippen molar-refractivity contribution in [2.24, 2.45) is 5.92 Å². The second kappa shape index (κ2) is 6.95. The molecule has 0 heterocycles. The van der Waals surface area contributed by atoms with Gasteiger partial charge < -0.3 is 5.32 Å². The molecule has 0 radical (unpaired) electrons. The first kappa shape index (κ1) is 16.8. The van der Waals surface area contributed by atoms with E-state index in [0.29, 0.717) is 18.0 Å². The summed E-state index contributed by atoms with van der Waals surface area (Å²) in [6, 6.07) is 4.47. The van der Waals surface area contributed by atoms with Crippen molar-refractivity contribution in [1.29, 1.82) is 0 Å². The second-order valence-electron chi connectivity index (χ2n) is 5.01. The van der Waals surface area contributed by atoms with E-state index in [4.69, 9.17) is 11.6 Å². The molecule has 0 saturated heterocycles. The van der Waals surface area contributed by atoms with Crippen LogP contribution in [-0.2, 0) is 10.0 Å². The summed E-state index contributed by atoms with van der Waals surface area (Å²) in [6.45, 7) is 4.72. The van der Waals surface area contributed by atoms with E-state index in [1.165, 1.54) is 12.1 Å². The molecule has 0 bridgehead atoms. The molecule has 0 aromatic heterocycles. The van der Waals surface area contributed by atoms with Crippen molar-refractivity contribution in [3.05, 3.63) is 28.8 Å². The van der Waals surface area contributed by atoms with Crippen LogP contribution in [0, 0.1) is 5.92 Å². The molecule has 112 valence electrons. The van der Waals surface area contributed by atoms with Crippen LogP contribution in [0.15, 0.2) is 18.2 Å². The monoisotopic (exact) mass is 318 g/mol. The Morgan fingerprint density at radius 2 is 2.00 bits per heavy atom. The van der Waals surface area contributed by atoms with E-state index in [1.54, 1.807) is 6.07 Å². The third-order valence-corrected chi connectivity index (χ3v) is 3.45. The number of carbonyl (C=O) groups is 1. The van der Waals surface area contributed by atoms with Crippen LogP contribution in [0.2, 0.25) is 5.02 Å². The largest absolute Gasteiger partial charge is 0.352 e. The number of amides is 1. The number of anilines is 1. The number of hydrogen-bond acceptors (Lipinski definition) is 3. The van der Waals surface area contributed by atoms with Crippen LogP contribution in [0.25, 0.3) is 0 Å². The van der Waals surface area contributed by atoms with Crippen LogP contribution >= 0.6 is 11.6 Å².